The van der Waals surface area contributed by atoms with E-state index < -0.39 is 11.7 Å². The number of hydrogen-bond donors (Lipinski definition) is 0. The van der Waals surface area contributed by atoms with E-state index in [1.54, 1.807) is 0 Å². The van der Waals surface area contributed by atoms with Crippen LogP contribution in [0.25, 0.3) is 0 Å². The Hall–Kier alpha value is -2.37. The molecule has 0 aliphatic carbocycles. The SMILES string of the molecule is FC(F)(F)c1ccc(C2=NC(Cc3ccccc3)CO2)nc1. The minimum atomic E-state index is -4.39. The average molecular weight is 306 g/mol. The zero-order chi connectivity index (χ0) is 15.6. The van der Waals surface area contributed by atoms with Gasteiger partial charge in [-0.05, 0) is 24.1 Å². The summed E-state index contributed by atoms with van der Waals surface area (Å²) in [5.41, 5.74) is 0.681. The normalized spacial score (nSPS) is 18.0. The summed E-state index contributed by atoms with van der Waals surface area (Å²) in [6.45, 7) is 0.410. The number of hydrogen-bond acceptors (Lipinski definition) is 3. The van der Waals surface area contributed by atoms with Crippen molar-refractivity contribution >= 4 is 5.90 Å². The number of alkyl halides is 3. The zero-order valence-electron chi connectivity index (χ0n) is 11.5. The second-order valence-corrected chi connectivity index (χ2v) is 5.02. The minimum absolute atomic E-state index is 0.0403. The minimum Gasteiger partial charge on any atom is -0.474 e. The van der Waals surface area contributed by atoms with Gasteiger partial charge in [-0.2, -0.15) is 13.2 Å². The van der Waals surface area contributed by atoms with Gasteiger partial charge in [0.15, 0.2) is 0 Å². The Bertz CT molecular complexity index is 666. The van der Waals surface area contributed by atoms with E-state index >= 15 is 0 Å². The Kier molecular flexibility index (Phi) is 3.83. The summed E-state index contributed by atoms with van der Waals surface area (Å²) in [6, 6.07) is 12.1. The van der Waals surface area contributed by atoms with E-state index in [1.165, 1.54) is 6.07 Å². The van der Waals surface area contributed by atoms with Gasteiger partial charge < -0.3 is 4.74 Å². The Morgan fingerprint density at radius 1 is 1.09 bits per heavy atom. The van der Waals surface area contributed by atoms with Gasteiger partial charge in [0.2, 0.25) is 5.90 Å². The van der Waals surface area contributed by atoms with Crippen LogP contribution in [0.2, 0.25) is 0 Å². The highest BCUT2D eigenvalue weighted by atomic mass is 19.4. The third kappa shape index (κ3) is 3.27. The first-order valence-corrected chi connectivity index (χ1v) is 6.80. The number of aromatic nitrogens is 1. The van der Waals surface area contributed by atoms with Crippen molar-refractivity contribution in [3.05, 3.63) is 65.5 Å². The van der Waals surface area contributed by atoms with Gasteiger partial charge in [0.1, 0.15) is 12.3 Å². The number of rotatable bonds is 3. The predicted octanol–water partition coefficient (Wildman–Crippen LogP) is 3.49. The lowest BCUT2D eigenvalue weighted by Gasteiger charge is -2.06. The maximum atomic E-state index is 12.5. The van der Waals surface area contributed by atoms with Crippen molar-refractivity contribution in [2.45, 2.75) is 18.6 Å². The molecule has 114 valence electrons. The largest absolute Gasteiger partial charge is 0.474 e. The molecule has 3 rings (SSSR count). The molecule has 6 heteroatoms. The van der Waals surface area contributed by atoms with Crippen molar-refractivity contribution in [2.24, 2.45) is 4.99 Å². The molecule has 0 bridgehead atoms. The fourth-order valence-corrected chi connectivity index (χ4v) is 2.23. The molecule has 2 heterocycles. The average Bonchev–Trinajstić information content (AvgIpc) is 2.96. The lowest BCUT2D eigenvalue weighted by molar-refractivity contribution is -0.137. The molecule has 1 aromatic carbocycles. The molecule has 22 heavy (non-hydrogen) atoms. The molecule has 1 atom stereocenters. The van der Waals surface area contributed by atoms with Crippen LogP contribution in [0.5, 0.6) is 0 Å². The molecule has 0 saturated heterocycles. The molecule has 1 aliphatic heterocycles. The fourth-order valence-electron chi connectivity index (χ4n) is 2.23. The predicted molar refractivity (Wildman–Crippen MR) is 75.7 cm³/mol. The van der Waals surface area contributed by atoms with Crippen LogP contribution >= 0.6 is 0 Å². The number of ether oxygens (including phenoxy) is 1. The summed E-state index contributed by atoms with van der Waals surface area (Å²) in [6.07, 6.45) is -2.86. The van der Waals surface area contributed by atoms with Gasteiger partial charge in [-0.25, -0.2) is 4.99 Å². The fraction of sp³-hybridized carbons (Fsp3) is 0.250. The van der Waals surface area contributed by atoms with Gasteiger partial charge in [-0.3, -0.25) is 4.98 Å². The van der Waals surface area contributed by atoms with E-state index in [1.807, 2.05) is 30.3 Å². The van der Waals surface area contributed by atoms with Crippen LogP contribution in [0.1, 0.15) is 16.8 Å². The van der Waals surface area contributed by atoms with Gasteiger partial charge in [0, 0.05) is 6.20 Å². The number of halogens is 3. The van der Waals surface area contributed by atoms with E-state index in [-0.39, 0.29) is 6.04 Å². The number of aliphatic imine (C=N–C) groups is 1. The van der Waals surface area contributed by atoms with Gasteiger partial charge in [0.05, 0.1) is 11.6 Å². The van der Waals surface area contributed by atoms with Crippen molar-refractivity contribution < 1.29 is 17.9 Å². The van der Waals surface area contributed by atoms with Gasteiger partial charge in [-0.15, -0.1) is 0 Å². The zero-order valence-corrected chi connectivity index (χ0v) is 11.5. The highest BCUT2D eigenvalue weighted by molar-refractivity contribution is 5.93. The van der Waals surface area contributed by atoms with E-state index in [4.69, 9.17) is 4.74 Å². The molecule has 3 nitrogen and oxygen atoms in total. The number of nitrogens with zero attached hydrogens (tertiary/aromatic N) is 2. The molecule has 0 saturated carbocycles. The molecule has 1 aromatic heterocycles. The van der Waals surface area contributed by atoms with Crippen LogP contribution < -0.4 is 0 Å². The Morgan fingerprint density at radius 3 is 2.50 bits per heavy atom. The molecule has 2 aromatic rings. The third-order valence-corrected chi connectivity index (χ3v) is 3.34. The number of benzene rings is 1. The van der Waals surface area contributed by atoms with Gasteiger partial charge >= 0.3 is 6.18 Å². The van der Waals surface area contributed by atoms with E-state index in [0.29, 0.717) is 18.2 Å². The van der Waals surface area contributed by atoms with Crippen molar-refractivity contribution in [3.63, 3.8) is 0 Å². The van der Waals surface area contributed by atoms with E-state index in [9.17, 15) is 13.2 Å². The Morgan fingerprint density at radius 2 is 1.86 bits per heavy atom. The first kappa shape index (κ1) is 14.6. The quantitative estimate of drug-likeness (QED) is 0.870. The molecule has 1 aliphatic rings. The van der Waals surface area contributed by atoms with Crippen LogP contribution in [-0.2, 0) is 17.3 Å². The van der Waals surface area contributed by atoms with Crippen LogP contribution in [0.15, 0.2) is 53.7 Å². The summed E-state index contributed by atoms with van der Waals surface area (Å²) in [5.74, 6) is 0.301. The van der Waals surface area contributed by atoms with Crippen LogP contribution in [0.4, 0.5) is 13.2 Å². The monoisotopic (exact) mass is 306 g/mol. The summed E-state index contributed by atoms with van der Waals surface area (Å²) in [5, 5.41) is 0. The van der Waals surface area contributed by atoms with Crippen molar-refractivity contribution in [3.8, 4) is 0 Å². The second kappa shape index (κ2) is 5.79. The van der Waals surface area contributed by atoms with Crippen molar-refractivity contribution in [1.29, 1.82) is 0 Å². The highest BCUT2D eigenvalue weighted by Crippen LogP contribution is 2.28. The van der Waals surface area contributed by atoms with Crippen LogP contribution in [0, 0.1) is 0 Å². The first-order valence-electron chi connectivity index (χ1n) is 6.80. The molecular formula is C16H13F3N2O. The maximum Gasteiger partial charge on any atom is 0.417 e. The Balaban J connectivity index is 1.72. The topological polar surface area (TPSA) is 34.5 Å². The van der Waals surface area contributed by atoms with Crippen molar-refractivity contribution in [2.75, 3.05) is 6.61 Å². The summed E-state index contributed by atoms with van der Waals surface area (Å²) >= 11 is 0. The van der Waals surface area contributed by atoms with E-state index in [2.05, 4.69) is 9.98 Å². The molecular weight excluding hydrogens is 293 g/mol. The molecule has 0 fully saturated rings. The van der Waals surface area contributed by atoms with Crippen molar-refractivity contribution in [1.82, 2.24) is 4.98 Å². The van der Waals surface area contributed by atoms with Crippen LogP contribution in [0.3, 0.4) is 0 Å². The summed E-state index contributed by atoms with van der Waals surface area (Å²) in [4.78, 5) is 8.19. The molecule has 0 radical (unpaired) electrons. The van der Waals surface area contributed by atoms with Crippen LogP contribution in [-0.4, -0.2) is 23.5 Å². The maximum absolute atomic E-state index is 12.5. The summed E-state index contributed by atoms with van der Waals surface area (Å²) < 4.78 is 43.0. The van der Waals surface area contributed by atoms with E-state index in [0.717, 1.165) is 24.2 Å². The Labute approximate surface area is 125 Å². The first-order chi connectivity index (χ1) is 10.5. The molecule has 0 N–H and O–H groups in total. The third-order valence-electron chi connectivity index (χ3n) is 3.34. The van der Waals surface area contributed by atoms with Gasteiger partial charge in [0.25, 0.3) is 0 Å². The standard InChI is InChI=1S/C16H13F3N2O/c17-16(18,19)12-6-7-14(20-9-12)15-21-13(10-22-15)8-11-4-2-1-3-5-11/h1-7,9,13H,8,10H2. The molecule has 0 spiro atoms. The summed E-state index contributed by atoms with van der Waals surface area (Å²) in [7, 11) is 0. The lowest BCUT2D eigenvalue weighted by atomic mass is 10.1. The smallest absolute Gasteiger partial charge is 0.417 e. The number of pyridine rings is 1. The highest BCUT2D eigenvalue weighted by Gasteiger charge is 2.31. The van der Waals surface area contributed by atoms with Gasteiger partial charge in [-0.1, -0.05) is 30.3 Å². The lowest BCUT2D eigenvalue weighted by Crippen LogP contribution is -2.10. The molecule has 0 amide bonds. The second-order valence-electron chi connectivity index (χ2n) is 5.02. The molecule has 1 unspecified atom stereocenters.